The first-order chi connectivity index (χ1) is 9.16. The maximum Gasteiger partial charge on any atom is 0.306 e. The Kier molecular flexibility index (Phi) is 5.85. The van der Waals surface area contributed by atoms with Gasteiger partial charge in [0.1, 0.15) is 0 Å². The van der Waals surface area contributed by atoms with Gasteiger partial charge in [-0.1, -0.05) is 53.2 Å². The zero-order chi connectivity index (χ0) is 15.5. The predicted molar refractivity (Wildman–Crippen MR) is 84.6 cm³/mol. The smallest absolute Gasteiger partial charge is 0.306 e. The number of carbonyl (C=O) groups is 1. The second-order valence-electron chi connectivity index (χ2n) is 7.71. The Hall–Kier alpha value is -0.790. The third-order valence-corrected chi connectivity index (χ3v) is 5.38. The first-order valence-corrected chi connectivity index (χ1v) is 8.06. The summed E-state index contributed by atoms with van der Waals surface area (Å²) < 4.78 is 0. The maximum atomic E-state index is 10.3. The van der Waals surface area contributed by atoms with Crippen LogP contribution in [0, 0.1) is 29.1 Å². The summed E-state index contributed by atoms with van der Waals surface area (Å²) in [6, 6.07) is 0. The van der Waals surface area contributed by atoms with Crippen LogP contribution in [0.25, 0.3) is 0 Å². The van der Waals surface area contributed by atoms with Crippen molar-refractivity contribution in [2.75, 3.05) is 0 Å². The Bertz CT molecular complexity index is 352. The van der Waals surface area contributed by atoms with Crippen molar-refractivity contribution < 1.29 is 9.90 Å². The highest BCUT2D eigenvalue weighted by molar-refractivity contribution is 5.69. The molecule has 1 N–H and O–H groups in total. The van der Waals surface area contributed by atoms with Gasteiger partial charge in [-0.05, 0) is 48.9 Å². The molecule has 20 heavy (non-hydrogen) atoms. The minimum absolute atomic E-state index is 0.178. The van der Waals surface area contributed by atoms with Crippen molar-refractivity contribution in [3.05, 3.63) is 12.2 Å². The molecule has 116 valence electrons. The second-order valence-corrected chi connectivity index (χ2v) is 7.71. The van der Waals surface area contributed by atoms with E-state index in [-0.39, 0.29) is 5.92 Å². The van der Waals surface area contributed by atoms with Gasteiger partial charge in [0, 0.05) is 0 Å². The van der Waals surface area contributed by atoms with Crippen LogP contribution in [0.3, 0.4) is 0 Å². The van der Waals surface area contributed by atoms with Gasteiger partial charge in [0.2, 0.25) is 0 Å². The molecule has 0 aromatic rings. The van der Waals surface area contributed by atoms with Gasteiger partial charge >= 0.3 is 5.97 Å². The summed E-state index contributed by atoms with van der Waals surface area (Å²) in [4.78, 5) is 10.3. The van der Waals surface area contributed by atoms with E-state index in [1.165, 1.54) is 24.8 Å². The predicted octanol–water partition coefficient (Wildman–Crippen LogP) is 5.14. The third-order valence-electron chi connectivity index (χ3n) is 5.38. The first-order valence-electron chi connectivity index (χ1n) is 8.06. The van der Waals surface area contributed by atoms with Gasteiger partial charge in [-0.3, -0.25) is 4.79 Å². The Labute approximate surface area is 124 Å². The van der Waals surface area contributed by atoms with E-state index in [1.807, 2.05) is 0 Å². The molecular formula is C18H32O2. The Morgan fingerprint density at radius 1 is 1.35 bits per heavy atom. The molecule has 3 aliphatic rings. The van der Waals surface area contributed by atoms with Crippen LogP contribution in [0.15, 0.2) is 12.2 Å². The van der Waals surface area contributed by atoms with Crippen LogP contribution in [0.2, 0.25) is 0 Å². The lowest BCUT2D eigenvalue weighted by Crippen LogP contribution is -2.48. The van der Waals surface area contributed by atoms with Crippen LogP contribution in [0.1, 0.15) is 66.7 Å². The van der Waals surface area contributed by atoms with Crippen molar-refractivity contribution in [2.45, 2.75) is 66.7 Å². The maximum absolute atomic E-state index is 10.3. The molecule has 3 aliphatic carbocycles. The highest BCUT2D eigenvalue weighted by Crippen LogP contribution is 2.60. The number of carboxylic acids is 1. The van der Waals surface area contributed by atoms with E-state index in [0.29, 0.717) is 11.3 Å². The van der Waals surface area contributed by atoms with Gasteiger partial charge in [-0.25, -0.2) is 0 Å². The van der Waals surface area contributed by atoms with Crippen molar-refractivity contribution in [3.63, 3.8) is 0 Å². The molecule has 3 unspecified atom stereocenters. The van der Waals surface area contributed by atoms with Crippen molar-refractivity contribution in [1.82, 2.24) is 0 Å². The van der Waals surface area contributed by atoms with Crippen LogP contribution < -0.4 is 0 Å². The Morgan fingerprint density at radius 3 is 2.25 bits per heavy atom. The van der Waals surface area contributed by atoms with E-state index >= 15 is 0 Å². The standard InChI is InChI=1S/C10H16.C8H16O2/c1-7-4-5-8-6-9(7)10(8,2)3;1-6(2)4-5-7(3)8(9)10/h8-9H,1,4-6H2,2-3H3;6-7H,4-5H2,1-3H3,(H,9,10). The fourth-order valence-electron chi connectivity index (χ4n) is 3.44. The number of hydrogen-bond acceptors (Lipinski definition) is 1. The van der Waals surface area contributed by atoms with Gasteiger partial charge in [0.25, 0.3) is 0 Å². The molecule has 3 rings (SSSR count). The second kappa shape index (κ2) is 6.78. The van der Waals surface area contributed by atoms with E-state index in [2.05, 4.69) is 34.3 Å². The fraction of sp³-hybridized carbons (Fsp3) is 0.833. The summed E-state index contributed by atoms with van der Waals surface area (Å²) in [6.07, 6.45) is 5.95. The van der Waals surface area contributed by atoms with Crippen LogP contribution >= 0.6 is 0 Å². The molecule has 2 nitrogen and oxygen atoms in total. The van der Waals surface area contributed by atoms with Gasteiger partial charge in [-0.2, -0.15) is 0 Å². The van der Waals surface area contributed by atoms with Gasteiger partial charge in [-0.15, -0.1) is 0 Å². The van der Waals surface area contributed by atoms with Crippen LogP contribution in [-0.2, 0) is 4.79 Å². The molecule has 0 amide bonds. The molecule has 0 aromatic heterocycles. The van der Waals surface area contributed by atoms with Crippen molar-refractivity contribution in [1.29, 1.82) is 0 Å². The molecule has 2 bridgehead atoms. The van der Waals surface area contributed by atoms with E-state index in [0.717, 1.165) is 24.7 Å². The SMILES string of the molecule is C=C1CCC2CC1C2(C)C.CC(C)CCC(C)C(=O)O. The number of carboxylic acid groups (broad SMARTS) is 1. The van der Waals surface area contributed by atoms with E-state index < -0.39 is 5.97 Å². The summed E-state index contributed by atoms with van der Waals surface area (Å²) in [6.45, 7) is 14.9. The summed E-state index contributed by atoms with van der Waals surface area (Å²) in [5.41, 5.74) is 2.13. The topological polar surface area (TPSA) is 37.3 Å². The molecule has 3 fully saturated rings. The lowest BCUT2D eigenvalue weighted by atomic mass is 9.47. The summed E-state index contributed by atoms with van der Waals surface area (Å²) in [5.74, 6) is 1.64. The van der Waals surface area contributed by atoms with Crippen LogP contribution in [0.5, 0.6) is 0 Å². The molecule has 2 heteroatoms. The van der Waals surface area contributed by atoms with Crippen LogP contribution in [0.4, 0.5) is 0 Å². The van der Waals surface area contributed by atoms with E-state index in [9.17, 15) is 4.79 Å². The zero-order valence-electron chi connectivity index (χ0n) is 13.9. The monoisotopic (exact) mass is 280 g/mol. The summed E-state index contributed by atoms with van der Waals surface area (Å²) >= 11 is 0. The average Bonchev–Trinajstić information content (AvgIpc) is 2.36. The first kappa shape index (κ1) is 17.3. The zero-order valence-corrected chi connectivity index (χ0v) is 13.9. The Morgan fingerprint density at radius 2 is 1.95 bits per heavy atom. The molecule has 3 saturated carbocycles. The molecule has 3 atom stereocenters. The van der Waals surface area contributed by atoms with Crippen molar-refractivity contribution in [3.8, 4) is 0 Å². The fourth-order valence-corrected chi connectivity index (χ4v) is 3.44. The Balaban J connectivity index is 0.000000200. The number of fused-ring (bicyclic) bond motifs is 2. The number of aliphatic carboxylic acids is 1. The van der Waals surface area contributed by atoms with E-state index in [4.69, 9.17) is 5.11 Å². The third kappa shape index (κ3) is 4.10. The van der Waals surface area contributed by atoms with Gasteiger partial charge in [0.05, 0.1) is 5.92 Å². The lowest BCUT2D eigenvalue weighted by Gasteiger charge is -2.57. The molecule has 0 radical (unpaired) electrons. The molecule has 0 aliphatic heterocycles. The normalized spacial score (nSPS) is 28.2. The molecule has 0 heterocycles. The molecule has 0 saturated heterocycles. The largest absolute Gasteiger partial charge is 0.481 e. The summed E-state index contributed by atoms with van der Waals surface area (Å²) in [7, 11) is 0. The minimum atomic E-state index is -0.680. The molecule has 0 aromatic carbocycles. The lowest BCUT2D eigenvalue weighted by molar-refractivity contribution is -0.141. The van der Waals surface area contributed by atoms with Crippen molar-refractivity contribution >= 4 is 5.97 Å². The molecule has 0 spiro atoms. The van der Waals surface area contributed by atoms with E-state index in [1.54, 1.807) is 6.92 Å². The highest BCUT2D eigenvalue weighted by atomic mass is 16.4. The number of rotatable bonds is 4. The number of hydrogen-bond donors (Lipinski definition) is 1. The highest BCUT2D eigenvalue weighted by Gasteiger charge is 2.51. The van der Waals surface area contributed by atoms with Gasteiger partial charge in [0.15, 0.2) is 0 Å². The van der Waals surface area contributed by atoms with Gasteiger partial charge < -0.3 is 5.11 Å². The quantitative estimate of drug-likeness (QED) is 0.724. The minimum Gasteiger partial charge on any atom is -0.481 e. The van der Waals surface area contributed by atoms with Crippen molar-refractivity contribution in [2.24, 2.45) is 29.1 Å². The average molecular weight is 280 g/mol. The molecular weight excluding hydrogens is 248 g/mol. The van der Waals surface area contributed by atoms with Crippen LogP contribution in [-0.4, -0.2) is 11.1 Å². The number of allylic oxidation sites excluding steroid dienone is 1. The summed E-state index contributed by atoms with van der Waals surface area (Å²) in [5, 5.41) is 8.49.